The summed E-state index contributed by atoms with van der Waals surface area (Å²) in [4.78, 5) is 0. The molecule has 12 unspecified atom stereocenters. The van der Waals surface area contributed by atoms with Gasteiger partial charge in [0.2, 0.25) is 0 Å². The largest absolute Gasteiger partial charge is 0.399 e. The van der Waals surface area contributed by atoms with Crippen molar-refractivity contribution in [2.24, 2.45) is 46.3 Å². The summed E-state index contributed by atoms with van der Waals surface area (Å²) in [7, 11) is -3.02. The highest BCUT2D eigenvalue weighted by Crippen LogP contribution is 2.69. The second kappa shape index (κ2) is 10.6. The van der Waals surface area contributed by atoms with Crippen LogP contribution in [0.25, 0.3) is 0 Å². The molecule has 12 atom stereocenters. The van der Waals surface area contributed by atoms with Crippen LogP contribution >= 0.6 is 0 Å². The molecule has 4 aliphatic carbocycles. The van der Waals surface area contributed by atoms with E-state index in [1.54, 1.807) is 0 Å². The molecule has 0 heterocycles. The van der Waals surface area contributed by atoms with Crippen molar-refractivity contribution in [2.75, 3.05) is 13.7 Å². The lowest BCUT2D eigenvalue weighted by atomic mass is 9.42. The zero-order valence-electron chi connectivity index (χ0n) is 23.3. The zero-order chi connectivity index (χ0) is 27.4. The third-order valence-corrected chi connectivity index (χ3v) is 12.6. The predicted octanol–water partition coefficient (Wildman–Crippen LogP) is 3.41. The number of aliphatic hydroxyl groups is 4. The second-order valence-electron chi connectivity index (χ2n) is 13.6. The molecule has 4 aliphatic rings. The van der Waals surface area contributed by atoms with Crippen molar-refractivity contribution in [3.63, 3.8) is 0 Å². The molecule has 0 aromatic rings. The van der Waals surface area contributed by atoms with Crippen molar-refractivity contribution in [2.45, 2.75) is 116 Å². The van der Waals surface area contributed by atoms with E-state index in [1.807, 2.05) is 0 Å². The average Bonchev–Trinajstić information content (AvgIpc) is 3.12. The van der Waals surface area contributed by atoms with Crippen molar-refractivity contribution < 1.29 is 37.2 Å². The van der Waals surface area contributed by atoms with E-state index in [4.69, 9.17) is 8.37 Å². The Balaban J connectivity index is 1.65. The molecular formula is C28H50O8S. The van der Waals surface area contributed by atoms with Gasteiger partial charge in [-0.3, -0.25) is 4.18 Å². The average molecular weight is 547 g/mol. The van der Waals surface area contributed by atoms with Crippen molar-refractivity contribution in [1.29, 1.82) is 0 Å². The summed E-state index contributed by atoms with van der Waals surface area (Å²) in [6.07, 6.45) is 5.09. The Labute approximate surface area is 223 Å². The van der Waals surface area contributed by atoms with Gasteiger partial charge < -0.3 is 20.4 Å². The maximum Gasteiger partial charge on any atom is 0.399 e. The third kappa shape index (κ3) is 5.04. The van der Waals surface area contributed by atoms with Gasteiger partial charge in [0.1, 0.15) is 0 Å². The molecule has 0 saturated heterocycles. The van der Waals surface area contributed by atoms with Crippen LogP contribution in [-0.4, -0.2) is 66.5 Å². The van der Waals surface area contributed by atoms with Crippen LogP contribution in [0.15, 0.2) is 0 Å². The Morgan fingerprint density at radius 2 is 1.76 bits per heavy atom. The molecular weight excluding hydrogens is 496 g/mol. The van der Waals surface area contributed by atoms with Gasteiger partial charge >= 0.3 is 10.4 Å². The molecule has 4 fully saturated rings. The van der Waals surface area contributed by atoms with E-state index in [0.29, 0.717) is 31.6 Å². The Hall–Kier alpha value is -0.290. The van der Waals surface area contributed by atoms with Crippen LogP contribution in [0.2, 0.25) is 0 Å². The summed E-state index contributed by atoms with van der Waals surface area (Å²) in [6.45, 7) is 8.86. The molecule has 0 aromatic heterocycles. The highest BCUT2D eigenvalue weighted by atomic mass is 32.3. The minimum absolute atomic E-state index is 0.0120. The number of aliphatic hydroxyl groups excluding tert-OH is 3. The van der Waals surface area contributed by atoms with Crippen molar-refractivity contribution >= 4 is 10.4 Å². The monoisotopic (exact) mass is 546 g/mol. The fourth-order valence-electron chi connectivity index (χ4n) is 9.59. The van der Waals surface area contributed by atoms with E-state index in [2.05, 4.69) is 27.7 Å². The van der Waals surface area contributed by atoms with Crippen molar-refractivity contribution in [1.82, 2.24) is 0 Å². The standard InChI is InChI=1S/C28H50O8S/c1-17(16-29)7-6-8-18(2)22-14-23(36-37(33,34)35-5)25-20-13-24(31)28(32)15-19(30)9-12-27(28,4)21(20)10-11-26(22,25)3/h17-25,29-32H,6-16H2,1-5H3. The molecule has 4 rings (SSSR count). The lowest BCUT2D eigenvalue weighted by Crippen LogP contribution is -2.69. The fourth-order valence-corrected chi connectivity index (χ4v) is 10.2. The summed E-state index contributed by atoms with van der Waals surface area (Å²) >= 11 is 0. The van der Waals surface area contributed by atoms with E-state index in [-0.39, 0.29) is 48.0 Å². The fraction of sp³-hybridized carbons (Fsp3) is 1.00. The molecule has 9 heteroatoms. The van der Waals surface area contributed by atoms with E-state index in [9.17, 15) is 28.8 Å². The van der Waals surface area contributed by atoms with E-state index >= 15 is 0 Å². The molecule has 0 aliphatic heterocycles. The molecule has 0 radical (unpaired) electrons. The molecule has 4 N–H and O–H groups in total. The van der Waals surface area contributed by atoms with E-state index < -0.39 is 39.7 Å². The van der Waals surface area contributed by atoms with Gasteiger partial charge in [-0.1, -0.05) is 40.5 Å². The molecule has 37 heavy (non-hydrogen) atoms. The van der Waals surface area contributed by atoms with Gasteiger partial charge in [-0.2, -0.15) is 8.42 Å². The van der Waals surface area contributed by atoms with E-state index in [1.165, 1.54) is 0 Å². The molecule has 0 spiro atoms. The zero-order valence-corrected chi connectivity index (χ0v) is 24.1. The molecule has 8 nitrogen and oxygen atoms in total. The Bertz CT molecular complexity index is 912. The topological polar surface area (TPSA) is 134 Å². The van der Waals surface area contributed by atoms with Crippen LogP contribution in [0.1, 0.15) is 91.9 Å². The number of hydrogen-bond donors (Lipinski definition) is 4. The van der Waals surface area contributed by atoms with Crippen LogP contribution < -0.4 is 0 Å². The minimum Gasteiger partial charge on any atom is -0.396 e. The Morgan fingerprint density at radius 1 is 1.05 bits per heavy atom. The lowest BCUT2D eigenvalue weighted by Gasteiger charge is -2.65. The molecule has 216 valence electrons. The molecule has 0 amide bonds. The van der Waals surface area contributed by atoms with E-state index in [0.717, 1.165) is 39.2 Å². The van der Waals surface area contributed by atoms with Gasteiger partial charge in [-0.05, 0) is 85.9 Å². The summed E-state index contributed by atoms with van der Waals surface area (Å²) in [5.41, 5.74) is -2.05. The first-order valence-corrected chi connectivity index (χ1v) is 15.7. The lowest BCUT2D eigenvalue weighted by molar-refractivity contribution is -0.267. The SMILES string of the molecule is COS(=O)(=O)OC1CC(C(C)CCCC(C)CO)C2(C)CCC3C(CC(O)C4(O)CC(O)CCC34C)C12. The predicted molar refractivity (Wildman–Crippen MR) is 140 cm³/mol. The van der Waals surface area contributed by atoms with Gasteiger partial charge in [0.05, 0.1) is 31.0 Å². The quantitative estimate of drug-likeness (QED) is 0.346. The van der Waals surface area contributed by atoms with Crippen LogP contribution in [0.3, 0.4) is 0 Å². The highest BCUT2D eigenvalue weighted by molar-refractivity contribution is 7.81. The maximum atomic E-state index is 12.5. The van der Waals surface area contributed by atoms with Crippen LogP contribution in [0.4, 0.5) is 0 Å². The van der Waals surface area contributed by atoms with Gasteiger partial charge in [0.15, 0.2) is 0 Å². The Morgan fingerprint density at radius 3 is 2.41 bits per heavy atom. The van der Waals surface area contributed by atoms with Crippen LogP contribution in [-0.2, 0) is 18.8 Å². The summed E-state index contributed by atoms with van der Waals surface area (Å²) in [5.74, 6) is 0.941. The minimum atomic E-state index is -4.14. The molecule has 0 bridgehead atoms. The smallest absolute Gasteiger partial charge is 0.396 e. The van der Waals surface area contributed by atoms with Gasteiger partial charge in [0, 0.05) is 18.4 Å². The summed E-state index contributed by atoms with van der Waals surface area (Å²) in [6, 6.07) is 0. The second-order valence-corrected chi connectivity index (χ2v) is 14.9. The summed E-state index contributed by atoms with van der Waals surface area (Å²) < 4.78 is 35.5. The molecule has 0 aromatic carbocycles. The third-order valence-electron chi connectivity index (χ3n) is 11.7. The van der Waals surface area contributed by atoms with Gasteiger partial charge in [-0.15, -0.1) is 0 Å². The van der Waals surface area contributed by atoms with Gasteiger partial charge in [-0.25, -0.2) is 4.18 Å². The highest BCUT2D eigenvalue weighted by Gasteiger charge is 2.69. The first kappa shape index (κ1) is 29.7. The number of rotatable bonds is 9. The maximum absolute atomic E-state index is 12.5. The van der Waals surface area contributed by atoms with Crippen molar-refractivity contribution in [3.05, 3.63) is 0 Å². The normalized spacial score (nSPS) is 47.5. The number of fused-ring (bicyclic) bond motifs is 5. The van der Waals surface area contributed by atoms with Crippen LogP contribution in [0, 0.1) is 46.3 Å². The van der Waals surface area contributed by atoms with Crippen LogP contribution in [0.5, 0.6) is 0 Å². The summed E-state index contributed by atoms with van der Waals surface area (Å²) in [5, 5.41) is 42.9. The van der Waals surface area contributed by atoms with Crippen molar-refractivity contribution in [3.8, 4) is 0 Å². The first-order valence-electron chi connectivity index (χ1n) is 14.4. The number of hydrogen-bond acceptors (Lipinski definition) is 8. The Kier molecular flexibility index (Phi) is 8.50. The van der Waals surface area contributed by atoms with Gasteiger partial charge in [0.25, 0.3) is 0 Å². The first-order chi connectivity index (χ1) is 17.2. The molecule has 4 saturated carbocycles.